The zero-order chi connectivity index (χ0) is 47.5. The van der Waals surface area contributed by atoms with E-state index < -0.39 is 11.1 Å². The molecule has 6 heteroatoms. The molecule has 0 amide bonds. The van der Waals surface area contributed by atoms with Gasteiger partial charge in [0.05, 0.1) is 0 Å². The number of halogens is 1. The second-order valence-electron chi connectivity index (χ2n) is 17.7. The van der Waals surface area contributed by atoms with Crippen LogP contribution in [0.1, 0.15) is 153 Å². The normalized spacial score (nSPS) is 16.2. The summed E-state index contributed by atoms with van der Waals surface area (Å²) in [4.78, 5) is 21.7. The van der Waals surface area contributed by atoms with E-state index in [9.17, 15) is 9.59 Å². The molecule has 3 aromatic carbocycles. The molecule has 1 spiro atoms. The van der Waals surface area contributed by atoms with E-state index in [1.807, 2.05) is 13.8 Å². The molecular formula is C61H82BrO4P. The molecule has 0 unspecified atom stereocenters. The third kappa shape index (κ3) is 16.7. The monoisotopic (exact) mass is 991 g/mol. The van der Waals surface area contributed by atoms with Gasteiger partial charge in [-0.2, -0.15) is 0 Å². The van der Waals surface area contributed by atoms with Gasteiger partial charge in [0.15, 0.2) is 5.78 Å². The molecule has 1 aliphatic heterocycles. The van der Waals surface area contributed by atoms with E-state index in [1.54, 1.807) is 0 Å². The first kappa shape index (κ1) is 57.0. The fourth-order valence-electron chi connectivity index (χ4n) is 9.25. The Morgan fingerprint density at radius 1 is 0.687 bits per heavy atom. The van der Waals surface area contributed by atoms with Crippen molar-refractivity contribution in [2.45, 2.75) is 157 Å². The number of hydrogen-bond acceptors (Lipinski definition) is 4. The number of aldehydes is 1. The van der Waals surface area contributed by atoms with Gasteiger partial charge in [0, 0.05) is 27.1 Å². The zero-order valence-electron chi connectivity index (χ0n) is 40.9. The molecule has 0 N–H and O–H groups in total. The number of carbonyl (C=O) groups is 2. The molecule has 1 fully saturated rings. The SMILES string of the molecule is C.CC#CCC/C=C(\C)CC/C=C/CCC1=C(C)CCC1=O.CC#CCC/C=C(\C)CCC=O.CC1=C(CCCP(Br)(c2ccccc2)(c2ccccc2)c2ccccc2)C2(CC1)OCCO2.[3HH]. The van der Waals surface area contributed by atoms with E-state index in [0.29, 0.717) is 25.4 Å². The quantitative estimate of drug-likeness (QED) is 0.0372. The maximum atomic E-state index is 11.6. The van der Waals surface area contributed by atoms with Gasteiger partial charge in [-0.15, -0.1) is 23.7 Å². The summed E-state index contributed by atoms with van der Waals surface area (Å²) in [6.07, 6.45) is 26.3. The van der Waals surface area contributed by atoms with Gasteiger partial charge in [-0.3, -0.25) is 4.79 Å². The van der Waals surface area contributed by atoms with Crippen LogP contribution in [0, 0.1) is 23.7 Å². The van der Waals surface area contributed by atoms with Gasteiger partial charge in [-0.05, 0) is 91.6 Å². The first-order valence-corrected chi connectivity index (χ1v) is 28.7. The van der Waals surface area contributed by atoms with Gasteiger partial charge in [0.2, 0.25) is 0 Å². The van der Waals surface area contributed by atoms with Crippen LogP contribution in [0.3, 0.4) is 0 Å². The van der Waals surface area contributed by atoms with Crippen LogP contribution < -0.4 is 15.9 Å². The summed E-state index contributed by atoms with van der Waals surface area (Å²) in [7, 11) is 0. The van der Waals surface area contributed by atoms with Crippen molar-refractivity contribution in [3.63, 3.8) is 0 Å². The van der Waals surface area contributed by atoms with Crippen LogP contribution in [0.2, 0.25) is 0 Å². The van der Waals surface area contributed by atoms with E-state index in [2.05, 4.69) is 182 Å². The Balaban J connectivity index is 0.000000391. The molecule has 0 bridgehead atoms. The first-order valence-electron chi connectivity index (χ1n) is 24.3. The van der Waals surface area contributed by atoms with Crippen molar-refractivity contribution >= 4 is 48.8 Å². The number of rotatable bonds is 20. The van der Waals surface area contributed by atoms with Crippen molar-refractivity contribution in [3.05, 3.63) is 149 Å². The van der Waals surface area contributed by atoms with E-state index in [1.165, 1.54) is 43.8 Å². The Morgan fingerprint density at radius 3 is 1.64 bits per heavy atom. The summed E-state index contributed by atoms with van der Waals surface area (Å²) >= 11 is 4.57. The van der Waals surface area contributed by atoms with Crippen LogP contribution >= 0.6 is 20.8 Å². The van der Waals surface area contributed by atoms with Crippen molar-refractivity contribution in [2.75, 3.05) is 19.4 Å². The molecule has 1 saturated heterocycles. The number of carbonyl (C=O) groups excluding carboxylic acids is 2. The smallest absolute Gasteiger partial charge is 0 e. The van der Waals surface area contributed by atoms with Gasteiger partial charge in [-0.25, -0.2) is 0 Å². The van der Waals surface area contributed by atoms with Crippen molar-refractivity contribution in [2.24, 2.45) is 0 Å². The molecule has 4 nitrogen and oxygen atoms in total. The summed E-state index contributed by atoms with van der Waals surface area (Å²) in [6.45, 7) is 13.7. The average Bonchev–Trinajstić information content (AvgIpc) is 4.05. The van der Waals surface area contributed by atoms with E-state index in [-0.39, 0.29) is 8.85 Å². The number of allylic oxidation sites excluding steroid dienone is 9. The Morgan fingerprint density at radius 2 is 1.18 bits per heavy atom. The second-order valence-corrected chi connectivity index (χ2v) is 26.8. The van der Waals surface area contributed by atoms with Gasteiger partial charge >= 0.3 is 206 Å². The maximum Gasteiger partial charge on any atom is 0 e. The van der Waals surface area contributed by atoms with Crippen LogP contribution in [0.25, 0.3) is 0 Å². The number of unbranched alkanes of at least 4 members (excludes halogenated alkanes) is 2. The van der Waals surface area contributed by atoms with Crippen molar-refractivity contribution in [1.82, 2.24) is 0 Å². The number of ketones is 1. The van der Waals surface area contributed by atoms with Gasteiger partial charge in [0.25, 0.3) is 0 Å². The minimum absolute atomic E-state index is 0. The summed E-state index contributed by atoms with van der Waals surface area (Å²) in [5.74, 6) is 11.8. The molecule has 362 valence electrons. The number of hydrogen-bond donors (Lipinski definition) is 0. The van der Waals surface area contributed by atoms with Gasteiger partial charge < -0.3 is 4.79 Å². The third-order valence-corrected chi connectivity index (χ3v) is 23.0. The molecule has 3 aromatic rings. The second kappa shape index (κ2) is 30.2. The summed E-state index contributed by atoms with van der Waals surface area (Å²) in [5.41, 5.74) is 7.97. The molecule has 1 heterocycles. The molecule has 67 heavy (non-hydrogen) atoms. The van der Waals surface area contributed by atoms with Crippen LogP contribution in [0.4, 0.5) is 0 Å². The Bertz CT molecular complexity index is 2180. The third-order valence-electron chi connectivity index (χ3n) is 13.0. The van der Waals surface area contributed by atoms with Crippen LogP contribution in [-0.4, -0.2) is 37.2 Å². The largest absolute Gasteiger partial charge is 0 e. The topological polar surface area (TPSA) is 52.6 Å². The molecule has 6 rings (SSSR count). The van der Waals surface area contributed by atoms with E-state index in [4.69, 9.17) is 9.47 Å². The molecule has 0 aromatic heterocycles. The van der Waals surface area contributed by atoms with Crippen LogP contribution in [0.15, 0.2) is 149 Å². The molecule has 2 aliphatic carbocycles. The minimum Gasteiger partial charge on any atom is 0 e. The van der Waals surface area contributed by atoms with Gasteiger partial charge in [0.1, 0.15) is 6.29 Å². The summed E-state index contributed by atoms with van der Waals surface area (Å²) < 4.78 is 12.3. The number of ether oxygens (including phenoxy) is 2. The summed E-state index contributed by atoms with van der Waals surface area (Å²) in [6, 6.07) is 33.2. The van der Waals surface area contributed by atoms with Crippen molar-refractivity contribution in [1.29, 1.82) is 0 Å². The van der Waals surface area contributed by atoms with Gasteiger partial charge in [-0.1, -0.05) is 48.5 Å². The molecule has 0 atom stereocenters. The maximum absolute atomic E-state index is 11.6. The number of Topliss-reactive ketones (excluding diaryl/α,β-unsaturated/α-hetero) is 1. The summed E-state index contributed by atoms with van der Waals surface area (Å²) in [5, 5.41) is 1.25. The molecular weight excluding hydrogens is 908 g/mol. The number of benzene rings is 3. The standard InChI is InChI=1S/C29H32BrO2P.C20H28O.C11H16O.CH4.H2/c1-24-19-20-29(31-21-22-32-29)28(24)18-11-23-33(30,25-12-5-2-6-13-25,26-14-7-3-8-15-26)27-16-9-4-10-17-27;1-4-5-6-9-12-17(2)13-10-7-8-11-14-19-18(3)15-16-20(19)21;1-3-4-5-6-8-11(2)9-7-10-12;;/h2-10,12-17H,11,18-23H2,1H3;7-8,12H,6,9-11,13-16H2,1-3H3;8,10H,5-7,9H2,1-2H3;1H4;1H/b;8-7+,17-12+;11-8+;;/i;;;;1+2. The Hall–Kier alpha value is -4.35. The predicted octanol–water partition coefficient (Wildman–Crippen LogP) is 15.6. The fraction of sp³-hybridized carbons (Fsp3) is 0.443. The average molecular weight is 992 g/mol. The van der Waals surface area contributed by atoms with Crippen LogP contribution in [0.5, 0.6) is 0 Å². The minimum atomic E-state index is -2.88. The fourth-order valence-corrected chi connectivity index (χ4v) is 16.9. The molecule has 3 aliphatic rings. The molecule has 0 radical (unpaired) electrons. The van der Waals surface area contributed by atoms with Crippen LogP contribution in [-0.2, 0) is 19.1 Å². The molecule has 0 saturated carbocycles. The van der Waals surface area contributed by atoms with Crippen molar-refractivity contribution in [3.8, 4) is 23.7 Å². The Kier molecular flexibility index (Phi) is 25.7. The van der Waals surface area contributed by atoms with Crippen molar-refractivity contribution < 1.29 is 20.5 Å². The van der Waals surface area contributed by atoms with E-state index >= 15 is 0 Å². The Labute approximate surface area is 416 Å². The predicted molar refractivity (Wildman–Crippen MR) is 296 cm³/mol. The zero-order valence-corrected chi connectivity index (χ0v) is 43.4. The van der Waals surface area contributed by atoms with E-state index in [0.717, 1.165) is 114 Å². The first-order chi connectivity index (χ1) is 32.0.